The van der Waals surface area contributed by atoms with E-state index in [1.807, 2.05) is 0 Å². The number of rotatable bonds is 3. The first-order valence-corrected chi connectivity index (χ1v) is 5.92. The maximum Gasteiger partial charge on any atom is 0.238 e. The third-order valence-electron chi connectivity index (χ3n) is 3.70. The van der Waals surface area contributed by atoms with Crippen molar-refractivity contribution in [3.05, 3.63) is 12.0 Å². The first-order chi connectivity index (χ1) is 8.29. The number of hydrogen-bond acceptors (Lipinski definition) is 6. The van der Waals surface area contributed by atoms with E-state index in [2.05, 4.69) is 20.2 Å². The van der Waals surface area contributed by atoms with Crippen LogP contribution in [0, 0.1) is 0 Å². The van der Waals surface area contributed by atoms with Gasteiger partial charge in [0.1, 0.15) is 12.0 Å². The zero-order chi connectivity index (χ0) is 11.8. The first-order valence-electron chi connectivity index (χ1n) is 5.92. The third-order valence-corrected chi connectivity index (χ3v) is 3.70. The van der Waals surface area contributed by atoms with Crippen molar-refractivity contribution in [1.82, 2.24) is 14.9 Å². The second kappa shape index (κ2) is 4.12. The van der Waals surface area contributed by atoms with Gasteiger partial charge in [-0.2, -0.15) is 0 Å². The van der Waals surface area contributed by atoms with E-state index in [-0.39, 0.29) is 18.4 Å². The highest BCUT2D eigenvalue weighted by atomic mass is 16.3. The molecule has 6 heteroatoms. The summed E-state index contributed by atoms with van der Waals surface area (Å²) in [6, 6.07) is 0.300. The van der Waals surface area contributed by atoms with E-state index >= 15 is 0 Å². The zero-order valence-electron chi connectivity index (χ0n) is 9.50. The molecule has 2 aliphatic heterocycles. The smallest absolute Gasteiger partial charge is 0.238 e. The largest absolute Gasteiger partial charge is 0.492 e. The molecule has 1 fully saturated rings. The van der Waals surface area contributed by atoms with Crippen LogP contribution < -0.4 is 5.32 Å². The molecule has 0 aromatic carbocycles. The standard InChI is InChI=1S/C11H16N4O2/c16-5-8-1-2-15(8)4-7-3-12-10-9(7)13-6-14-11(10)17/h6-8,12,16H,1-5H2,(H,13,14,17). The van der Waals surface area contributed by atoms with Crippen molar-refractivity contribution in [2.45, 2.75) is 18.4 Å². The monoisotopic (exact) mass is 236 g/mol. The third kappa shape index (κ3) is 1.73. The summed E-state index contributed by atoms with van der Waals surface area (Å²) < 4.78 is 0. The van der Waals surface area contributed by atoms with Gasteiger partial charge in [-0.05, 0) is 6.42 Å². The van der Waals surface area contributed by atoms with Crippen LogP contribution in [0.4, 0.5) is 5.69 Å². The Morgan fingerprint density at radius 3 is 3.06 bits per heavy atom. The molecule has 1 saturated heterocycles. The van der Waals surface area contributed by atoms with Crippen LogP contribution in [-0.2, 0) is 0 Å². The molecule has 2 aliphatic rings. The highest BCUT2D eigenvalue weighted by Crippen LogP contribution is 2.36. The molecule has 0 amide bonds. The van der Waals surface area contributed by atoms with Crippen molar-refractivity contribution in [1.29, 1.82) is 0 Å². The number of nitrogens with zero attached hydrogens (tertiary/aromatic N) is 3. The van der Waals surface area contributed by atoms with Gasteiger partial charge in [0.25, 0.3) is 0 Å². The lowest BCUT2D eigenvalue weighted by Gasteiger charge is -2.41. The Bertz CT molecular complexity index is 424. The Morgan fingerprint density at radius 1 is 1.47 bits per heavy atom. The molecule has 17 heavy (non-hydrogen) atoms. The summed E-state index contributed by atoms with van der Waals surface area (Å²) in [5, 5.41) is 21.9. The van der Waals surface area contributed by atoms with Crippen LogP contribution in [0.5, 0.6) is 5.88 Å². The van der Waals surface area contributed by atoms with Gasteiger partial charge in [-0.3, -0.25) is 4.90 Å². The average Bonchev–Trinajstić information content (AvgIpc) is 2.70. The molecule has 2 unspecified atom stereocenters. The number of hydrogen-bond donors (Lipinski definition) is 3. The molecular formula is C11H16N4O2. The maximum absolute atomic E-state index is 9.59. The summed E-state index contributed by atoms with van der Waals surface area (Å²) >= 11 is 0. The lowest BCUT2D eigenvalue weighted by molar-refractivity contribution is 0.0383. The molecule has 0 spiro atoms. The fourth-order valence-corrected chi connectivity index (χ4v) is 2.57. The Balaban J connectivity index is 1.73. The van der Waals surface area contributed by atoms with Gasteiger partial charge >= 0.3 is 0 Å². The Hall–Kier alpha value is -1.40. The minimum Gasteiger partial charge on any atom is -0.492 e. The molecule has 1 aromatic heterocycles. The van der Waals surface area contributed by atoms with E-state index in [0.717, 1.165) is 31.7 Å². The number of aliphatic hydroxyl groups excluding tert-OH is 1. The number of anilines is 1. The summed E-state index contributed by atoms with van der Waals surface area (Å²) in [5.74, 6) is 0.299. The summed E-state index contributed by atoms with van der Waals surface area (Å²) in [5.41, 5.74) is 1.56. The van der Waals surface area contributed by atoms with E-state index in [4.69, 9.17) is 5.11 Å². The molecular weight excluding hydrogens is 220 g/mol. The fourth-order valence-electron chi connectivity index (χ4n) is 2.57. The first kappa shape index (κ1) is 10.7. The minimum atomic E-state index is 0.0276. The van der Waals surface area contributed by atoms with Crippen LogP contribution in [0.3, 0.4) is 0 Å². The molecule has 3 heterocycles. The van der Waals surface area contributed by atoms with Crippen molar-refractivity contribution in [3.8, 4) is 5.88 Å². The van der Waals surface area contributed by atoms with Gasteiger partial charge in [-0.15, -0.1) is 0 Å². The number of aromatic nitrogens is 2. The SMILES string of the molecule is OCC1CCN1CC1CNc2c(O)ncnc21. The van der Waals surface area contributed by atoms with Crippen LogP contribution in [-0.4, -0.2) is 57.4 Å². The lowest BCUT2D eigenvalue weighted by Crippen LogP contribution is -2.51. The van der Waals surface area contributed by atoms with Crippen molar-refractivity contribution in [3.63, 3.8) is 0 Å². The van der Waals surface area contributed by atoms with Gasteiger partial charge in [0.05, 0.1) is 12.3 Å². The number of aliphatic hydroxyl groups is 1. The fraction of sp³-hybridized carbons (Fsp3) is 0.636. The Labute approximate surface area is 99.3 Å². The van der Waals surface area contributed by atoms with Crippen LogP contribution in [0.1, 0.15) is 18.0 Å². The number of likely N-dealkylation sites (tertiary alicyclic amines) is 1. The van der Waals surface area contributed by atoms with E-state index in [9.17, 15) is 5.11 Å². The molecule has 0 radical (unpaired) electrons. The summed E-state index contributed by atoms with van der Waals surface area (Å²) in [6.45, 7) is 2.91. The van der Waals surface area contributed by atoms with Crippen molar-refractivity contribution in [2.24, 2.45) is 0 Å². The maximum atomic E-state index is 9.59. The molecule has 2 atom stereocenters. The molecule has 0 bridgehead atoms. The van der Waals surface area contributed by atoms with Gasteiger partial charge in [-0.1, -0.05) is 0 Å². The zero-order valence-corrected chi connectivity index (χ0v) is 9.50. The predicted octanol–water partition coefficient (Wildman–Crippen LogP) is -0.242. The van der Waals surface area contributed by atoms with Gasteiger partial charge in [-0.25, -0.2) is 9.97 Å². The van der Waals surface area contributed by atoms with Crippen molar-refractivity contribution in [2.75, 3.05) is 31.6 Å². The molecule has 92 valence electrons. The quantitative estimate of drug-likeness (QED) is 0.672. The van der Waals surface area contributed by atoms with Crippen LogP contribution in [0.25, 0.3) is 0 Å². The van der Waals surface area contributed by atoms with Gasteiger partial charge in [0, 0.05) is 31.6 Å². The summed E-state index contributed by atoms with van der Waals surface area (Å²) in [6.07, 6.45) is 2.46. The molecule has 1 aromatic rings. The average molecular weight is 236 g/mol. The Kier molecular flexibility index (Phi) is 2.60. The van der Waals surface area contributed by atoms with E-state index in [1.165, 1.54) is 6.33 Å². The van der Waals surface area contributed by atoms with E-state index in [0.29, 0.717) is 11.7 Å². The van der Waals surface area contributed by atoms with Crippen LogP contribution in [0.15, 0.2) is 6.33 Å². The number of nitrogens with one attached hydrogen (secondary N) is 1. The van der Waals surface area contributed by atoms with E-state index < -0.39 is 0 Å². The van der Waals surface area contributed by atoms with Gasteiger partial charge < -0.3 is 15.5 Å². The summed E-state index contributed by atoms with van der Waals surface area (Å²) in [4.78, 5) is 10.3. The van der Waals surface area contributed by atoms with Crippen molar-refractivity contribution >= 4 is 5.69 Å². The Morgan fingerprint density at radius 2 is 2.35 bits per heavy atom. The highest BCUT2D eigenvalue weighted by molar-refractivity contribution is 5.60. The van der Waals surface area contributed by atoms with Gasteiger partial charge in [0.2, 0.25) is 5.88 Å². The number of fused-ring (bicyclic) bond motifs is 1. The topological polar surface area (TPSA) is 81.5 Å². The molecule has 6 nitrogen and oxygen atoms in total. The molecule has 0 aliphatic carbocycles. The van der Waals surface area contributed by atoms with Gasteiger partial charge in [0.15, 0.2) is 0 Å². The molecule has 3 rings (SSSR count). The second-order valence-electron chi connectivity index (χ2n) is 4.66. The molecule has 3 N–H and O–H groups in total. The molecule has 0 saturated carbocycles. The van der Waals surface area contributed by atoms with Crippen molar-refractivity contribution < 1.29 is 10.2 Å². The summed E-state index contributed by atoms with van der Waals surface area (Å²) in [7, 11) is 0. The van der Waals surface area contributed by atoms with Crippen LogP contribution >= 0.6 is 0 Å². The normalized spacial score (nSPS) is 27.4. The predicted molar refractivity (Wildman–Crippen MR) is 62.0 cm³/mol. The highest BCUT2D eigenvalue weighted by Gasteiger charge is 2.33. The minimum absolute atomic E-state index is 0.0276. The van der Waals surface area contributed by atoms with E-state index in [1.54, 1.807) is 0 Å². The van der Waals surface area contributed by atoms with Crippen LogP contribution in [0.2, 0.25) is 0 Å². The lowest BCUT2D eigenvalue weighted by atomic mass is 9.99. The second-order valence-corrected chi connectivity index (χ2v) is 4.66. The number of aromatic hydroxyl groups is 1.